The summed E-state index contributed by atoms with van der Waals surface area (Å²) in [6, 6.07) is 5.27. The molecule has 1 aromatic carbocycles. The molecular formula is C16H25ClFN. The van der Waals surface area contributed by atoms with Crippen LogP contribution < -0.4 is 5.32 Å². The highest BCUT2D eigenvalue weighted by molar-refractivity contribution is 6.31. The van der Waals surface area contributed by atoms with Crippen LogP contribution in [0.4, 0.5) is 4.39 Å². The van der Waals surface area contributed by atoms with E-state index in [9.17, 15) is 4.39 Å². The Balaban J connectivity index is 2.84. The van der Waals surface area contributed by atoms with E-state index in [1.165, 1.54) is 6.07 Å². The molecule has 0 heterocycles. The minimum Gasteiger partial charge on any atom is -0.314 e. The molecule has 0 radical (unpaired) electrons. The topological polar surface area (TPSA) is 12.0 Å². The van der Waals surface area contributed by atoms with E-state index in [1.54, 1.807) is 12.1 Å². The summed E-state index contributed by atoms with van der Waals surface area (Å²) in [6.45, 7) is 9.69. The Morgan fingerprint density at radius 3 is 2.47 bits per heavy atom. The van der Waals surface area contributed by atoms with E-state index in [1.807, 2.05) is 0 Å². The summed E-state index contributed by atoms with van der Waals surface area (Å²) < 4.78 is 13.9. The third-order valence-electron chi connectivity index (χ3n) is 3.72. The molecule has 0 saturated carbocycles. The molecule has 1 nitrogen and oxygen atoms in total. The fourth-order valence-electron chi connectivity index (χ4n) is 2.48. The number of rotatable bonds is 7. The first-order valence-corrected chi connectivity index (χ1v) is 7.51. The molecule has 108 valence electrons. The van der Waals surface area contributed by atoms with Gasteiger partial charge in [-0.1, -0.05) is 38.4 Å². The Morgan fingerprint density at radius 1 is 1.26 bits per heavy atom. The summed E-state index contributed by atoms with van der Waals surface area (Å²) >= 11 is 6.13. The second kappa shape index (κ2) is 7.86. The summed E-state index contributed by atoms with van der Waals surface area (Å²) in [5, 5.41) is 4.04. The Bertz CT molecular complexity index is 372. The predicted molar refractivity (Wildman–Crippen MR) is 81.2 cm³/mol. The Morgan fingerprint density at radius 2 is 1.95 bits per heavy atom. The average molecular weight is 286 g/mol. The Labute approximate surface area is 121 Å². The number of halogens is 2. The quantitative estimate of drug-likeness (QED) is 0.767. The van der Waals surface area contributed by atoms with Crippen molar-refractivity contribution in [1.82, 2.24) is 5.32 Å². The third kappa shape index (κ3) is 4.77. The van der Waals surface area contributed by atoms with Gasteiger partial charge in [0.1, 0.15) is 5.82 Å². The maximum absolute atomic E-state index is 13.9. The van der Waals surface area contributed by atoms with Crippen LogP contribution in [0.15, 0.2) is 18.2 Å². The number of hydrogen-bond donors (Lipinski definition) is 1. The van der Waals surface area contributed by atoms with Gasteiger partial charge in [-0.05, 0) is 50.3 Å². The van der Waals surface area contributed by atoms with E-state index >= 15 is 0 Å². The van der Waals surface area contributed by atoms with Crippen LogP contribution in [0.1, 0.15) is 39.7 Å². The van der Waals surface area contributed by atoms with Gasteiger partial charge in [0.15, 0.2) is 0 Å². The van der Waals surface area contributed by atoms with Gasteiger partial charge in [0, 0.05) is 16.6 Å². The second-order valence-electron chi connectivity index (χ2n) is 5.56. The highest BCUT2D eigenvalue weighted by Gasteiger charge is 2.23. The van der Waals surface area contributed by atoms with Crippen LogP contribution in [0, 0.1) is 17.7 Å². The van der Waals surface area contributed by atoms with Crippen LogP contribution in [0.3, 0.4) is 0 Å². The Hall–Kier alpha value is -0.600. The van der Waals surface area contributed by atoms with Crippen molar-refractivity contribution in [3.8, 4) is 0 Å². The van der Waals surface area contributed by atoms with Gasteiger partial charge in [0.25, 0.3) is 0 Å². The van der Waals surface area contributed by atoms with Crippen molar-refractivity contribution in [2.75, 3.05) is 6.54 Å². The van der Waals surface area contributed by atoms with Crippen molar-refractivity contribution in [2.45, 2.75) is 46.6 Å². The van der Waals surface area contributed by atoms with Crippen molar-refractivity contribution >= 4 is 11.6 Å². The van der Waals surface area contributed by atoms with Gasteiger partial charge in [-0.15, -0.1) is 0 Å². The van der Waals surface area contributed by atoms with E-state index in [2.05, 4.69) is 33.0 Å². The zero-order chi connectivity index (χ0) is 14.4. The second-order valence-corrected chi connectivity index (χ2v) is 5.96. The molecule has 0 amide bonds. The maximum Gasteiger partial charge on any atom is 0.127 e. The van der Waals surface area contributed by atoms with Crippen molar-refractivity contribution in [3.05, 3.63) is 34.6 Å². The normalized spacial score (nSPS) is 14.7. The van der Waals surface area contributed by atoms with Crippen LogP contribution in [0.25, 0.3) is 0 Å². The molecule has 2 atom stereocenters. The van der Waals surface area contributed by atoms with E-state index < -0.39 is 0 Å². The standard InChI is InChI=1S/C16H25ClFN/c1-5-9-19-12(4)13(11(2)3)10-14-15(17)7-6-8-16(14)18/h6-8,11-13,19H,5,9-10H2,1-4H3. The lowest BCUT2D eigenvalue weighted by Crippen LogP contribution is -2.38. The van der Waals surface area contributed by atoms with Crippen LogP contribution in [-0.4, -0.2) is 12.6 Å². The van der Waals surface area contributed by atoms with Gasteiger partial charge >= 0.3 is 0 Å². The summed E-state index contributed by atoms with van der Waals surface area (Å²) in [6.07, 6.45) is 1.79. The van der Waals surface area contributed by atoms with Crippen molar-refractivity contribution in [1.29, 1.82) is 0 Å². The minimum absolute atomic E-state index is 0.194. The molecular weight excluding hydrogens is 261 g/mol. The minimum atomic E-state index is -0.194. The summed E-state index contributed by atoms with van der Waals surface area (Å²) in [4.78, 5) is 0. The van der Waals surface area contributed by atoms with E-state index in [0.29, 0.717) is 34.9 Å². The van der Waals surface area contributed by atoms with Crippen molar-refractivity contribution < 1.29 is 4.39 Å². The van der Waals surface area contributed by atoms with Crippen LogP contribution in [-0.2, 0) is 6.42 Å². The Kier molecular flexibility index (Phi) is 6.81. The van der Waals surface area contributed by atoms with Gasteiger partial charge in [-0.3, -0.25) is 0 Å². The number of benzene rings is 1. The largest absolute Gasteiger partial charge is 0.314 e. The molecule has 0 aromatic heterocycles. The van der Waals surface area contributed by atoms with Crippen molar-refractivity contribution in [3.63, 3.8) is 0 Å². The fourth-order valence-corrected chi connectivity index (χ4v) is 2.72. The SMILES string of the molecule is CCCNC(C)C(Cc1c(F)cccc1Cl)C(C)C. The van der Waals surface area contributed by atoms with E-state index in [-0.39, 0.29) is 5.82 Å². The van der Waals surface area contributed by atoms with Gasteiger partial charge in [0.05, 0.1) is 0 Å². The molecule has 19 heavy (non-hydrogen) atoms. The van der Waals surface area contributed by atoms with E-state index in [0.717, 1.165) is 13.0 Å². The fraction of sp³-hybridized carbons (Fsp3) is 0.625. The van der Waals surface area contributed by atoms with E-state index in [4.69, 9.17) is 11.6 Å². The average Bonchev–Trinajstić information content (AvgIpc) is 2.35. The molecule has 1 aromatic rings. The molecule has 0 fully saturated rings. The van der Waals surface area contributed by atoms with Gasteiger partial charge in [-0.25, -0.2) is 4.39 Å². The molecule has 2 unspecified atom stereocenters. The lowest BCUT2D eigenvalue weighted by atomic mass is 9.83. The monoisotopic (exact) mass is 285 g/mol. The van der Waals surface area contributed by atoms with Crippen LogP contribution in [0.2, 0.25) is 5.02 Å². The van der Waals surface area contributed by atoms with Gasteiger partial charge < -0.3 is 5.32 Å². The van der Waals surface area contributed by atoms with Crippen LogP contribution >= 0.6 is 11.6 Å². The number of hydrogen-bond acceptors (Lipinski definition) is 1. The molecule has 0 aliphatic rings. The molecule has 3 heteroatoms. The predicted octanol–water partition coefficient (Wildman–Crippen LogP) is 4.68. The highest BCUT2D eigenvalue weighted by atomic mass is 35.5. The first kappa shape index (κ1) is 16.5. The lowest BCUT2D eigenvalue weighted by Gasteiger charge is -2.29. The molecule has 0 spiro atoms. The molecule has 0 bridgehead atoms. The van der Waals surface area contributed by atoms with Gasteiger partial charge in [0.2, 0.25) is 0 Å². The molecule has 0 saturated heterocycles. The zero-order valence-corrected chi connectivity index (χ0v) is 13.1. The smallest absolute Gasteiger partial charge is 0.127 e. The third-order valence-corrected chi connectivity index (χ3v) is 4.07. The molecule has 1 rings (SSSR count). The first-order chi connectivity index (χ1) is 8.97. The number of nitrogens with one attached hydrogen (secondary N) is 1. The van der Waals surface area contributed by atoms with Crippen molar-refractivity contribution in [2.24, 2.45) is 11.8 Å². The summed E-state index contributed by atoms with van der Waals surface area (Å²) in [5.74, 6) is 0.664. The maximum atomic E-state index is 13.9. The first-order valence-electron chi connectivity index (χ1n) is 7.13. The molecule has 1 N–H and O–H groups in total. The van der Waals surface area contributed by atoms with Gasteiger partial charge in [-0.2, -0.15) is 0 Å². The summed E-state index contributed by atoms with van der Waals surface area (Å²) in [7, 11) is 0. The lowest BCUT2D eigenvalue weighted by molar-refractivity contribution is 0.286. The summed E-state index contributed by atoms with van der Waals surface area (Å²) in [5.41, 5.74) is 0.646. The molecule has 0 aliphatic heterocycles. The van der Waals surface area contributed by atoms with Crippen LogP contribution in [0.5, 0.6) is 0 Å². The highest BCUT2D eigenvalue weighted by Crippen LogP contribution is 2.27. The molecule has 0 aliphatic carbocycles. The zero-order valence-electron chi connectivity index (χ0n) is 12.3.